The predicted molar refractivity (Wildman–Crippen MR) is 150 cm³/mol. The number of nitrogens with one attached hydrogen (secondary N) is 2. The lowest BCUT2D eigenvalue weighted by atomic mass is 10.1. The summed E-state index contributed by atoms with van der Waals surface area (Å²) in [7, 11) is 0. The molecule has 10 heteroatoms. The number of alkyl halides is 3. The fraction of sp³-hybridized carbons (Fsp3) is 0.103. The Morgan fingerprint density at radius 3 is 2.31 bits per heavy atom. The number of rotatable bonds is 7. The molecule has 0 radical (unpaired) electrons. The molecule has 5 aromatic rings. The summed E-state index contributed by atoms with van der Waals surface area (Å²) in [5, 5.41) is 6.62. The summed E-state index contributed by atoms with van der Waals surface area (Å²) in [6.45, 7) is 0.602. The van der Waals surface area contributed by atoms with Crippen LogP contribution in [0, 0.1) is 0 Å². The summed E-state index contributed by atoms with van der Waals surface area (Å²) < 4.78 is 42.5. The number of benzene rings is 3. The molecule has 5 nitrogen and oxygen atoms in total. The van der Waals surface area contributed by atoms with Gasteiger partial charge in [-0.25, -0.2) is 4.98 Å². The Morgan fingerprint density at radius 2 is 1.59 bits per heavy atom. The predicted octanol–water partition coefficient (Wildman–Crippen LogP) is 7.98. The lowest BCUT2D eigenvalue weighted by molar-refractivity contribution is -0.137. The topological polar surface area (TPSA) is 58.4 Å². The molecule has 0 saturated carbocycles. The number of amides is 1. The number of carbonyl (C=O) groups is 1. The smallest absolute Gasteiger partial charge is 0.367 e. The van der Waals surface area contributed by atoms with Gasteiger partial charge in [0.2, 0.25) is 0 Å². The second-order valence-corrected chi connectivity index (χ2v) is 10.0. The van der Waals surface area contributed by atoms with E-state index >= 15 is 0 Å². The zero-order valence-corrected chi connectivity index (χ0v) is 22.6. The highest BCUT2D eigenvalue weighted by atomic mass is 79.9. The third kappa shape index (κ3) is 5.94. The third-order valence-corrected chi connectivity index (χ3v) is 7.10. The quantitative estimate of drug-likeness (QED) is 0.196. The van der Waals surface area contributed by atoms with Crippen molar-refractivity contribution in [1.82, 2.24) is 14.7 Å². The summed E-state index contributed by atoms with van der Waals surface area (Å²) in [6.07, 6.45) is -2.69. The van der Waals surface area contributed by atoms with Gasteiger partial charge in [-0.15, -0.1) is 0 Å². The van der Waals surface area contributed by atoms with Crippen molar-refractivity contribution in [2.45, 2.75) is 19.3 Å². The molecule has 2 heterocycles. The van der Waals surface area contributed by atoms with Crippen molar-refractivity contribution in [2.75, 3.05) is 5.32 Å². The molecule has 0 fully saturated rings. The Hall–Kier alpha value is -3.82. The molecule has 0 bridgehead atoms. The van der Waals surface area contributed by atoms with Crippen LogP contribution < -0.4 is 10.6 Å². The van der Waals surface area contributed by atoms with E-state index in [-0.39, 0.29) is 6.54 Å². The molecule has 2 N–H and O–H groups in total. The minimum Gasteiger partial charge on any atom is -0.367 e. The second kappa shape index (κ2) is 11.1. The van der Waals surface area contributed by atoms with E-state index in [0.29, 0.717) is 11.6 Å². The molecule has 0 aliphatic heterocycles. The Morgan fingerprint density at radius 1 is 0.923 bits per heavy atom. The average Bonchev–Trinajstić information content (AvgIpc) is 3.31. The van der Waals surface area contributed by atoms with Crippen LogP contribution in [0.3, 0.4) is 0 Å². The molecule has 3 aromatic carbocycles. The lowest BCUT2D eigenvalue weighted by Gasteiger charge is -2.14. The van der Waals surface area contributed by atoms with E-state index in [0.717, 1.165) is 44.4 Å². The van der Waals surface area contributed by atoms with Crippen molar-refractivity contribution < 1.29 is 18.0 Å². The van der Waals surface area contributed by atoms with Crippen LogP contribution in [0.2, 0.25) is 5.02 Å². The van der Waals surface area contributed by atoms with Gasteiger partial charge in [-0.3, -0.25) is 9.20 Å². The van der Waals surface area contributed by atoms with Gasteiger partial charge in [0.05, 0.1) is 21.3 Å². The number of aromatic nitrogens is 2. The summed E-state index contributed by atoms with van der Waals surface area (Å²) in [4.78, 5) is 17.2. The Balaban J connectivity index is 1.28. The fourth-order valence-corrected chi connectivity index (χ4v) is 4.79. The van der Waals surface area contributed by atoms with Crippen LogP contribution in [0.15, 0.2) is 95.6 Å². The summed E-state index contributed by atoms with van der Waals surface area (Å²) in [5.41, 5.74) is 2.67. The van der Waals surface area contributed by atoms with E-state index in [1.54, 1.807) is 0 Å². The molecule has 198 valence electrons. The van der Waals surface area contributed by atoms with E-state index in [2.05, 4.69) is 26.6 Å². The lowest BCUT2D eigenvalue weighted by Crippen LogP contribution is -2.25. The zero-order chi connectivity index (χ0) is 27.6. The number of anilines is 1. The monoisotopic (exact) mass is 612 g/mol. The van der Waals surface area contributed by atoms with Crippen LogP contribution in [0.4, 0.5) is 19.0 Å². The van der Waals surface area contributed by atoms with Gasteiger partial charge in [-0.1, -0.05) is 66.2 Å². The van der Waals surface area contributed by atoms with Crippen LogP contribution in [0.1, 0.15) is 27.0 Å². The van der Waals surface area contributed by atoms with Gasteiger partial charge in [0.15, 0.2) is 5.65 Å². The second-order valence-electron chi connectivity index (χ2n) is 8.76. The molecule has 0 saturated heterocycles. The minimum atomic E-state index is -4.60. The van der Waals surface area contributed by atoms with Crippen molar-refractivity contribution in [2.24, 2.45) is 0 Å². The first-order chi connectivity index (χ1) is 18.7. The van der Waals surface area contributed by atoms with Gasteiger partial charge in [0, 0.05) is 35.9 Å². The normalized spacial score (nSPS) is 11.5. The van der Waals surface area contributed by atoms with Crippen LogP contribution in [0.25, 0.3) is 16.9 Å². The molecule has 2 aromatic heterocycles. The number of carbonyl (C=O) groups excluding carboxylic acids is 1. The van der Waals surface area contributed by atoms with E-state index in [1.165, 1.54) is 18.2 Å². The largest absolute Gasteiger partial charge is 0.417 e. The van der Waals surface area contributed by atoms with Gasteiger partial charge in [-0.05, 0) is 51.3 Å². The summed E-state index contributed by atoms with van der Waals surface area (Å²) >= 11 is 9.97. The Bertz CT molecular complexity index is 1650. The molecule has 5 rings (SSSR count). The van der Waals surface area contributed by atoms with Crippen molar-refractivity contribution in [3.05, 3.63) is 123 Å². The van der Waals surface area contributed by atoms with Crippen molar-refractivity contribution in [1.29, 1.82) is 0 Å². The van der Waals surface area contributed by atoms with Gasteiger partial charge in [0.1, 0.15) is 5.82 Å². The van der Waals surface area contributed by atoms with Gasteiger partial charge in [0.25, 0.3) is 5.91 Å². The molecule has 0 aliphatic rings. The van der Waals surface area contributed by atoms with Gasteiger partial charge < -0.3 is 10.6 Å². The molecule has 39 heavy (non-hydrogen) atoms. The SMILES string of the molecule is O=C(NCc1ccc(CNc2cc(-c3ccccc3Cl)nc3c(Br)ccn23)cc1)c1ccccc1C(F)(F)F. The van der Waals surface area contributed by atoms with Gasteiger partial charge in [-0.2, -0.15) is 13.2 Å². The number of halogens is 5. The van der Waals surface area contributed by atoms with Crippen molar-refractivity contribution in [3.8, 4) is 11.3 Å². The average molecular weight is 614 g/mol. The van der Waals surface area contributed by atoms with Gasteiger partial charge >= 0.3 is 6.18 Å². The molecular formula is C29H21BrClF3N4O. The molecule has 0 unspecified atom stereocenters. The number of hydrogen-bond acceptors (Lipinski definition) is 3. The number of hydrogen-bond donors (Lipinski definition) is 2. The third-order valence-electron chi connectivity index (χ3n) is 6.15. The maximum Gasteiger partial charge on any atom is 0.417 e. The molecule has 1 amide bonds. The molecule has 0 aliphatic carbocycles. The van der Waals surface area contributed by atoms with E-state index < -0.39 is 23.2 Å². The van der Waals surface area contributed by atoms with Crippen LogP contribution in [-0.2, 0) is 19.3 Å². The summed E-state index contributed by atoms with van der Waals surface area (Å²) in [6, 6.07) is 23.6. The highest BCUT2D eigenvalue weighted by Gasteiger charge is 2.34. The van der Waals surface area contributed by atoms with E-state index in [1.807, 2.05) is 71.3 Å². The van der Waals surface area contributed by atoms with E-state index in [4.69, 9.17) is 16.6 Å². The molecule has 0 spiro atoms. The minimum absolute atomic E-state index is 0.0995. The highest BCUT2D eigenvalue weighted by molar-refractivity contribution is 9.10. The number of nitrogens with zero attached hydrogens (tertiary/aromatic N) is 2. The first-order valence-corrected chi connectivity index (χ1v) is 13.1. The van der Waals surface area contributed by atoms with Crippen LogP contribution in [0.5, 0.6) is 0 Å². The van der Waals surface area contributed by atoms with Crippen molar-refractivity contribution >= 4 is 44.9 Å². The zero-order valence-electron chi connectivity index (χ0n) is 20.3. The molecular weight excluding hydrogens is 593 g/mol. The summed E-state index contributed by atoms with van der Waals surface area (Å²) in [5.74, 6) is 0.0443. The van der Waals surface area contributed by atoms with Crippen LogP contribution >= 0.6 is 27.5 Å². The standard InChI is InChI=1S/C29H21BrClF3N4O/c30-23-13-14-38-26(15-25(37-27(23)38)21-6-2-4-8-24(21)31)35-16-18-9-11-19(12-10-18)17-36-28(39)20-5-1-3-7-22(20)29(32,33)34/h1-15,35H,16-17H2,(H,36,39). The first-order valence-electron chi connectivity index (χ1n) is 11.9. The Labute approximate surface area is 235 Å². The van der Waals surface area contributed by atoms with Crippen LogP contribution in [-0.4, -0.2) is 15.3 Å². The number of fused-ring (bicyclic) bond motifs is 1. The van der Waals surface area contributed by atoms with E-state index in [9.17, 15) is 18.0 Å². The fourth-order valence-electron chi connectivity index (χ4n) is 4.16. The molecule has 0 atom stereocenters. The maximum atomic E-state index is 13.2. The first kappa shape index (κ1) is 26.8. The Kier molecular flexibility index (Phi) is 7.63. The highest BCUT2D eigenvalue weighted by Crippen LogP contribution is 2.32. The maximum absolute atomic E-state index is 13.2. The van der Waals surface area contributed by atoms with Crippen molar-refractivity contribution in [3.63, 3.8) is 0 Å².